The summed E-state index contributed by atoms with van der Waals surface area (Å²) in [6.07, 6.45) is 4.10. The van der Waals surface area contributed by atoms with Gasteiger partial charge >= 0.3 is 0 Å². The first kappa shape index (κ1) is 18.5. The van der Waals surface area contributed by atoms with Crippen molar-refractivity contribution < 1.29 is 0 Å². The molecule has 1 aliphatic rings. The molecule has 0 amide bonds. The maximum absolute atomic E-state index is 4.85. The van der Waals surface area contributed by atoms with E-state index in [1.807, 2.05) is 6.07 Å². The Bertz CT molecular complexity index is 890. The molecule has 0 unspecified atom stereocenters. The van der Waals surface area contributed by atoms with Gasteiger partial charge in [0.05, 0.1) is 0 Å². The quantitative estimate of drug-likeness (QED) is 0.582. The maximum Gasteiger partial charge on any atom is 0.210 e. The summed E-state index contributed by atoms with van der Waals surface area (Å²) in [5, 5.41) is 1.01. The molecule has 1 fully saturated rings. The van der Waals surface area contributed by atoms with Gasteiger partial charge in [0.15, 0.2) is 0 Å². The first-order valence-corrected chi connectivity index (χ1v) is 10.8. The number of aromatic nitrogens is 4. The second kappa shape index (κ2) is 8.44. The Morgan fingerprint density at radius 2 is 1.89 bits per heavy atom. The van der Waals surface area contributed by atoms with Crippen molar-refractivity contribution in [3.63, 3.8) is 0 Å². The van der Waals surface area contributed by atoms with Gasteiger partial charge in [0.1, 0.15) is 5.82 Å². The molecule has 0 saturated carbocycles. The van der Waals surface area contributed by atoms with E-state index in [9.17, 15) is 0 Å². The molecule has 0 bridgehead atoms. The molecule has 27 heavy (non-hydrogen) atoms. The highest BCUT2D eigenvalue weighted by Crippen LogP contribution is 2.27. The van der Waals surface area contributed by atoms with Gasteiger partial charge in [-0.3, -0.25) is 0 Å². The van der Waals surface area contributed by atoms with Crippen LogP contribution in [0.3, 0.4) is 0 Å². The molecule has 2 aromatic heterocycles. The predicted octanol–water partition coefficient (Wildman–Crippen LogP) is 4.45. The summed E-state index contributed by atoms with van der Waals surface area (Å²) >= 11 is 4.80. The van der Waals surface area contributed by atoms with E-state index < -0.39 is 0 Å². The van der Waals surface area contributed by atoms with E-state index in [4.69, 9.17) is 9.97 Å². The van der Waals surface area contributed by atoms with E-state index in [1.165, 1.54) is 17.1 Å². The number of benzene rings is 1. The van der Waals surface area contributed by atoms with Gasteiger partial charge in [0.25, 0.3) is 0 Å². The molecule has 0 aliphatic carbocycles. The SMILES string of the molecule is Cc1cc(Cc2ccccc2)nc(CC2CCN(c3nc(Br)ns3)CC2)n1. The lowest BCUT2D eigenvalue weighted by Gasteiger charge is -2.31. The molecule has 0 N–H and O–H groups in total. The molecule has 0 radical (unpaired) electrons. The highest BCUT2D eigenvalue weighted by molar-refractivity contribution is 9.10. The molecule has 0 spiro atoms. The third-order valence-corrected chi connectivity index (χ3v) is 6.29. The van der Waals surface area contributed by atoms with E-state index in [0.29, 0.717) is 10.7 Å². The lowest BCUT2D eigenvalue weighted by atomic mass is 9.93. The van der Waals surface area contributed by atoms with Crippen molar-refractivity contribution in [2.45, 2.75) is 32.6 Å². The number of anilines is 1. The number of nitrogens with zero attached hydrogens (tertiary/aromatic N) is 5. The summed E-state index contributed by atoms with van der Waals surface area (Å²) in [5.41, 5.74) is 3.46. The molecule has 3 heterocycles. The van der Waals surface area contributed by atoms with E-state index in [2.05, 4.69) is 67.4 Å². The van der Waals surface area contributed by atoms with Gasteiger partial charge in [-0.25, -0.2) is 9.97 Å². The van der Waals surface area contributed by atoms with E-state index in [-0.39, 0.29) is 0 Å². The van der Waals surface area contributed by atoms with Gasteiger partial charge in [-0.15, -0.1) is 0 Å². The van der Waals surface area contributed by atoms with E-state index in [1.54, 1.807) is 0 Å². The van der Waals surface area contributed by atoms with Gasteiger partial charge in [0.2, 0.25) is 9.87 Å². The summed E-state index contributed by atoms with van der Waals surface area (Å²) in [6.45, 7) is 4.11. The number of rotatable bonds is 5. The van der Waals surface area contributed by atoms with Crippen molar-refractivity contribution in [1.29, 1.82) is 0 Å². The Hall–Kier alpha value is -1.86. The summed E-state index contributed by atoms with van der Waals surface area (Å²) < 4.78 is 4.90. The van der Waals surface area contributed by atoms with E-state index in [0.717, 1.165) is 61.1 Å². The van der Waals surface area contributed by atoms with Crippen molar-refractivity contribution in [1.82, 2.24) is 19.3 Å². The average Bonchev–Trinajstić information content (AvgIpc) is 3.09. The lowest BCUT2D eigenvalue weighted by molar-refractivity contribution is 0.396. The minimum absolute atomic E-state index is 0.629. The topological polar surface area (TPSA) is 54.8 Å². The molecule has 5 nitrogen and oxygen atoms in total. The monoisotopic (exact) mass is 443 g/mol. The van der Waals surface area contributed by atoms with Crippen molar-refractivity contribution in [2.24, 2.45) is 5.92 Å². The van der Waals surface area contributed by atoms with Gasteiger partial charge in [0, 0.05) is 48.9 Å². The van der Waals surface area contributed by atoms with Crippen molar-refractivity contribution in [2.75, 3.05) is 18.0 Å². The van der Waals surface area contributed by atoms with Crippen molar-refractivity contribution in [3.05, 3.63) is 63.9 Å². The van der Waals surface area contributed by atoms with Crippen LogP contribution in [0.5, 0.6) is 0 Å². The third kappa shape index (κ3) is 4.90. The van der Waals surface area contributed by atoms with Gasteiger partial charge in [-0.2, -0.15) is 9.36 Å². The fourth-order valence-corrected chi connectivity index (χ4v) is 4.73. The van der Waals surface area contributed by atoms with Crippen LogP contribution in [0.1, 0.15) is 35.6 Å². The summed E-state index contributed by atoms with van der Waals surface area (Å²) in [6, 6.07) is 12.6. The van der Waals surface area contributed by atoms with Gasteiger partial charge < -0.3 is 4.90 Å². The van der Waals surface area contributed by atoms with Crippen LogP contribution in [-0.2, 0) is 12.8 Å². The van der Waals surface area contributed by atoms with Crippen LogP contribution in [0.4, 0.5) is 5.13 Å². The molecule has 1 aromatic carbocycles. The van der Waals surface area contributed by atoms with Crippen LogP contribution in [-0.4, -0.2) is 32.4 Å². The van der Waals surface area contributed by atoms with Crippen molar-refractivity contribution >= 4 is 32.6 Å². The number of piperidine rings is 1. The Balaban J connectivity index is 1.38. The van der Waals surface area contributed by atoms with Crippen LogP contribution in [0.15, 0.2) is 41.1 Å². The number of aryl methyl sites for hydroxylation is 1. The Morgan fingerprint density at radius 1 is 1.11 bits per heavy atom. The molecule has 4 rings (SSSR count). The Morgan fingerprint density at radius 3 is 2.59 bits per heavy atom. The molecular weight excluding hydrogens is 422 g/mol. The lowest BCUT2D eigenvalue weighted by Crippen LogP contribution is -2.34. The molecular formula is C20H22BrN5S. The smallest absolute Gasteiger partial charge is 0.210 e. The maximum atomic E-state index is 4.85. The number of hydrogen-bond acceptors (Lipinski definition) is 6. The zero-order chi connectivity index (χ0) is 18.6. The molecule has 1 saturated heterocycles. The molecule has 3 aromatic rings. The zero-order valence-corrected chi connectivity index (χ0v) is 17.7. The van der Waals surface area contributed by atoms with Crippen LogP contribution in [0.25, 0.3) is 0 Å². The summed E-state index contributed by atoms with van der Waals surface area (Å²) in [5.74, 6) is 1.61. The van der Waals surface area contributed by atoms with Crippen LogP contribution in [0.2, 0.25) is 0 Å². The Kier molecular flexibility index (Phi) is 5.78. The highest BCUT2D eigenvalue weighted by atomic mass is 79.9. The first-order chi connectivity index (χ1) is 13.2. The minimum atomic E-state index is 0.629. The van der Waals surface area contributed by atoms with Crippen molar-refractivity contribution in [3.8, 4) is 0 Å². The number of halogens is 1. The molecule has 1 aliphatic heterocycles. The second-order valence-electron chi connectivity index (χ2n) is 7.06. The fraction of sp³-hybridized carbons (Fsp3) is 0.400. The highest BCUT2D eigenvalue weighted by Gasteiger charge is 2.23. The van der Waals surface area contributed by atoms with Gasteiger partial charge in [-0.1, -0.05) is 30.3 Å². The van der Waals surface area contributed by atoms with Crippen LogP contribution in [0, 0.1) is 12.8 Å². The van der Waals surface area contributed by atoms with Crippen LogP contribution < -0.4 is 4.90 Å². The summed E-state index contributed by atoms with van der Waals surface area (Å²) in [4.78, 5) is 16.3. The van der Waals surface area contributed by atoms with Gasteiger partial charge in [-0.05, 0) is 53.2 Å². The first-order valence-electron chi connectivity index (χ1n) is 9.27. The normalized spacial score (nSPS) is 15.3. The Labute approximate surface area is 172 Å². The second-order valence-corrected chi connectivity index (χ2v) is 8.50. The predicted molar refractivity (Wildman–Crippen MR) is 112 cm³/mol. The fourth-order valence-electron chi connectivity index (χ4n) is 3.60. The third-order valence-electron chi connectivity index (χ3n) is 4.93. The molecule has 7 heteroatoms. The van der Waals surface area contributed by atoms with E-state index >= 15 is 0 Å². The average molecular weight is 444 g/mol. The summed E-state index contributed by atoms with van der Waals surface area (Å²) in [7, 11) is 0. The molecule has 0 atom stereocenters. The minimum Gasteiger partial charge on any atom is -0.347 e. The molecule has 140 valence electrons. The largest absolute Gasteiger partial charge is 0.347 e. The standard InChI is InChI=1S/C20H22BrN5S/c1-14-11-17(12-15-5-3-2-4-6-15)23-18(22-14)13-16-7-9-26(10-8-16)20-24-19(21)25-27-20/h2-6,11,16H,7-10,12-13H2,1H3. The zero-order valence-electron chi connectivity index (χ0n) is 15.3. The van der Waals surface area contributed by atoms with Crippen LogP contribution >= 0.6 is 27.5 Å². The number of hydrogen-bond donors (Lipinski definition) is 0.